The molecule has 3 heterocycles. The van der Waals surface area contributed by atoms with Crippen LogP contribution < -0.4 is 5.32 Å². The number of aromatic nitrogens is 2. The Morgan fingerprint density at radius 1 is 1.10 bits per heavy atom. The molecule has 0 unspecified atom stereocenters. The Hall–Kier alpha value is -1.77. The van der Waals surface area contributed by atoms with Gasteiger partial charge in [0.15, 0.2) is 0 Å². The van der Waals surface area contributed by atoms with Gasteiger partial charge in [-0.15, -0.1) is 0 Å². The Morgan fingerprint density at radius 2 is 1.83 bits per heavy atom. The molecule has 1 aromatic carbocycles. The van der Waals surface area contributed by atoms with E-state index in [0.717, 1.165) is 55.5 Å². The van der Waals surface area contributed by atoms with Crippen molar-refractivity contribution in [2.24, 2.45) is 5.92 Å². The molecule has 7 nitrogen and oxygen atoms in total. The number of rotatable bonds is 8. The van der Waals surface area contributed by atoms with Crippen molar-refractivity contribution in [2.45, 2.75) is 38.6 Å². The molecule has 30 heavy (non-hydrogen) atoms. The summed E-state index contributed by atoms with van der Waals surface area (Å²) in [7, 11) is 0. The van der Waals surface area contributed by atoms with Crippen molar-refractivity contribution in [2.75, 3.05) is 39.3 Å². The summed E-state index contributed by atoms with van der Waals surface area (Å²) in [6.07, 6.45) is 5.44. The minimum absolute atomic E-state index is 0.119. The molecule has 0 aliphatic carbocycles. The minimum atomic E-state index is 0.119. The van der Waals surface area contributed by atoms with E-state index in [0.29, 0.717) is 18.3 Å². The van der Waals surface area contributed by atoms with Crippen molar-refractivity contribution in [1.29, 1.82) is 0 Å². The number of hydrogen-bond donors (Lipinski definition) is 1. The van der Waals surface area contributed by atoms with Crippen LogP contribution in [0.25, 0.3) is 11.4 Å². The predicted octanol–water partition coefficient (Wildman–Crippen LogP) is 3.31. The fraction of sp³-hybridized carbons (Fsp3) is 0.591. The molecule has 8 heteroatoms. The smallest absolute Gasteiger partial charge is 0.241 e. The van der Waals surface area contributed by atoms with Crippen molar-refractivity contribution in [3.8, 4) is 11.4 Å². The average molecular weight is 476 g/mol. The second-order valence-electron chi connectivity index (χ2n) is 8.26. The van der Waals surface area contributed by atoms with Gasteiger partial charge in [0.25, 0.3) is 0 Å². The first-order chi connectivity index (χ1) is 14.7. The molecule has 4 rings (SSSR count). The summed E-state index contributed by atoms with van der Waals surface area (Å²) in [5.74, 6) is 1.57. The monoisotopic (exact) mass is 475 g/mol. The molecule has 2 aliphatic rings. The summed E-state index contributed by atoms with van der Waals surface area (Å²) in [6, 6.07) is 7.86. The van der Waals surface area contributed by atoms with E-state index in [1.54, 1.807) is 0 Å². The summed E-state index contributed by atoms with van der Waals surface area (Å²) >= 11 is 3.43. The van der Waals surface area contributed by atoms with Crippen LogP contribution in [-0.4, -0.2) is 65.1 Å². The maximum Gasteiger partial charge on any atom is 0.241 e. The quantitative estimate of drug-likeness (QED) is 0.590. The lowest BCUT2D eigenvalue weighted by molar-refractivity contribution is -0.126. The first kappa shape index (κ1) is 21.5. The van der Waals surface area contributed by atoms with E-state index >= 15 is 0 Å². The van der Waals surface area contributed by atoms with Crippen LogP contribution in [0.2, 0.25) is 0 Å². The molecular weight excluding hydrogens is 446 g/mol. The van der Waals surface area contributed by atoms with Gasteiger partial charge in [-0.3, -0.25) is 9.69 Å². The van der Waals surface area contributed by atoms with Gasteiger partial charge >= 0.3 is 0 Å². The molecular formula is C22H30BrN5O2. The normalized spacial score (nSPS) is 18.7. The first-order valence-corrected chi connectivity index (χ1v) is 11.8. The van der Waals surface area contributed by atoms with Gasteiger partial charge in [-0.05, 0) is 89.1 Å². The lowest BCUT2D eigenvalue weighted by atomic mass is 9.96. The molecule has 2 aliphatic heterocycles. The van der Waals surface area contributed by atoms with Crippen LogP contribution in [0, 0.1) is 5.92 Å². The molecule has 2 fully saturated rings. The van der Waals surface area contributed by atoms with Gasteiger partial charge in [0.1, 0.15) is 0 Å². The largest absolute Gasteiger partial charge is 0.356 e. The number of piperidine rings is 1. The second-order valence-corrected chi connectivity index (χ2v) is 9.18. The molecule has 1 amide bonds. The number of nitrogens with one attached hydrogen (secondary N) is 1. The zero-order valence-electron chi connectivity index (χ0n) is 17.4. The lowest BCUT2D eigenvalue weighted by Crippen LogP contribution is -2.40. The number of amides is 1. The average Bonchev–Trinajstić information content (AvgIpc) is 3.44. The molecule has 162 valence electrons. The van der Waals surface area contributed by atoms with Gasteiger partial charge in [-0.2, -0.15) is 4.98 Å². The molecule has 0 spiro atoms. The van der Waals surface area contributed by atoms with Gasteiger partial charge in [0.2, 0.25) is 17.6 Å². The van der Waals surface area contributed by atoms with E-state index in [9.17, 15) is 4.79 Å². The van der Waals surface area contributed by atoms with Crippen LogP contribution in [0.15, 0.2) is 33.3 Å². The van der Waals surface area contributed by atoms with Gasteiger partial charge < -0.3 is 14.7 Å². The van der Waals surface area contributed by atoms with Crippen LogP contribution in [0.4, 0.5) is 0 Å². The summed E-state index contributed by atoms with van der Waals surface area (Å²) in [6.45, 7) is 6.72. The zero-order chi connectivity index (χ0) is 20.8. The van der Waals surface area contributed by atoms with E-state index in [2.05, 4.69) is 41.2 Å². The van der Waals surface area contributed by atoms with Crippen molar-refractivity contribution in [3.63, 3.8) is 0 Å². The number of hydrogen-bond acceptors (Lipinski definition) is 6. The molecule has 1 N–H and O–H groups in total. The van der Waals surface area contributed by atoms with Gasteiger partial charge in [0.05, 0.1) is 6.54 Å². The summed E-state index contributed by atoms with van der Waals surface area (Å²) in [5.41, 5.74) is 0.938. The van der Waals surface area contributed by atoms with Gasteiger partial charge in [0, 0.05) is 22.5 Å². The lowest BCUT2D eigenvalue weighted by Gasteiger charge is -2.30. The molecule has 0 saturated carbocycles. The molecule has 2 aromatic rings. The maximum absolute atomic E-state index is 12.5. The number of likely N-dealkylation sites (tertiary alicyclic amines) is 2. The van der Waals surface area contributed by atoms with E-state index in [-0.39, 0.29) is 11.8 Å². The first-order valence-electron chi connectivity index (χ1n) is 11.0. The van der Waals surface area contributed by atoms with Crippen LogP contribution in [-0.2, 0) is 11.3 Å². The molecule has 0 radical (unpaired) electrons. The zero-order valence-corrected chi connectivity index (χ0v) is 18.9. The Balaban J connectivity index is 1.16. The Kier molecular flexibility index (Phi) is 7.52. The third kappa shape index (κ3) is 5.89. The fourth-order valence-corrected chi connectivity index (χ4v) is 4.51. The molecule has 0 atom stereocenters. The highest BCUT2D eigenvalue weighted by Gasteiger charge is 2.26. The molecule has 1 aromatic heterocycles. The van der Waals surface area contributed by atoms with Crippen molar-refractivity contribution in [3.05, 3.63) is 34.6 Å². The molecule has 2 saturated heterocycles. The molecule has 0 bridgehead atoms. The van der Waals surface area contributed by atoms with Crippen LogP contribution >= 0.6 is 15.9 Å². The third-order valence-electron chi connectivity index (χ3n) is 6.04. The number of nitrogens with zero attached hydrogens (tertiary/aromatic N) is 4. The number of halogens is 1. The maximum atomic E-state index is 12.5. The SMILES string of the molecule is O=C(NCCCN1CCCC1)C1CCN(Cc2nc(-c3ccc(Br)cc3)no2)CC1. The van der Waals surface area contributed by atoms with E-state index < -0.39 is 0 Å². The van der Waals surface area contributed by atoms with Crippen molar-refractivity contribution < 1.29 is 9.32 Å². The predicted molar refractivity (Wildman–Crippen MR) is 119 cm³/mol. The number of benzene rings is 1. The van der Waals surface area contributed by atoms with Gasteiger partial charge in [-0.1, -0.05) is 21.1 Å². The van der Waals surface area contributed by atoms with Crippen LogP contribution in [0.1, 0.15) is 38.0 Å². The topological polar surface area (TPSA) is 74.5 Å². The standard InChI is InChI=1S/C22H30BrN5O2/c23-19-6-4-17(5-7-19)21-25-20(30-26-21)16-28-14-8-18(9-15-28)22(29)24-10-3-13-27-11-1-2-12-27/h4-7,18H,1-3,8-16H2,(H,24,29). The fourth-order valence-electron chi connectivity index (χ4n) is 4.24. The minimum Gasteiger partial charge on any atom is -0.356 e. The summed E-state index contributed by atoms with van der Waals surface area (Å²) < 4.78 is 6.46. The van der Waals surface area contributed by atoms with Crippen LogP contribution in [0.3, 0.4) is 0 Å². The van der Waals surface area contributed by atoms with Crippen molar-refractivity contribution in [1.82, 2.24) is 25.3 Å². The van der Waals surface area contributed by atoms with E-state index in [1.807, 2.05) is 24.3 Å². The van der Waals surface area contributed by atoms with Crippen molar-refractivity contribution >= 4 is 21.8 Å². The number of carbonyl (C=O) groups excluding carboxylic acids is 1. The highest BCUT2D eigenvalue weighted by Crippen LogP contribution is 2.22. The van der Waals surface area contributed by atoms with Gasteiger partial charge in [-0.25, -0.2) is 0 Å². The Bertz CT molecular complexity index is 811. The summed E-state index contributed by atoms with van der Waals surface area (Å²) in [5, 5.41) is 7.24. The second kappa shape index (κ2) is 10.5. The highest BCUT2D eigenvalue weighted by molar-refractivity contribution is 9.10. The van der Waals surface area contributed by atoms with Crippen LogP contribution in [0.5, 0.6) is 0 Å². The number of carbonyl (C=O) groups is 1. The Labute approximate surface area is 186 Å². The Morgan fingerprint density at radius 3 is 2.57 bits per heavy atom. The van der Waals surface area contributed by atoms with E-state index in [1.165, 1.54) is 25.9 Å². The summed E-state index contributed by atoms with van der Waals surface area (Å²) in [4.78, 5) is 21.8. The van der Waals surface area contributed by atoms with E-state index in [4.69, 9.17) is 4.52 Å². The third-order valence-corrected chi connectivity index (χ3v) is 6.57. The highest BCUT2D eigenvalue weighted by atomic mass is 79.9.